The van der Waals surface area contributed by atoms with Crippen molar-refractivity contribution >= 4 is 29.1 Å². The highest BCUT2D eigenvalue weighted by molar-refractivity contribution is 6.03. The minimum Gasteiger partial charge on any atom is -0.345 e. The number of carbonyl (C=O) groups is 3. The van der Waals surface area contributed by atoms with Crippen LogP contribution in [-0.2, 0) is 9.59 Å². The Balaban J connectivity index is 1.52. The largest absolute Gasteiger partial charge is 0.345 e. The first-order valence-electron chi connectivity index (χ1n) is 9.49. The van der Waals surface area contributed by atoms with Crippen LogP contribution in [-0.4, -0.2) is 54.0 Å². The Bertz CT molecular complexity index is 938. The molecule has 0 aromatic heterocycles. The molecule has 0 spiro atoms. The van der Waals surface area contributed by atoms with Crippen molar-refractivity contribution in [2.24, 2.45) is 5.10 Å². The normalized spacial score (nSPS) is 13.0. The van der Waals surface area contributed by atoms with E-state index >= 15 is 0 Å². The number of benzene rings is 2. The molecule has 0 fully saturated rings. The smallest absolute Gasteiger partial charge is 0.253 e. The molecule has 0 aliphatic carbocycles. The lowest BCUT2D eigenvalue weighted by Gasteiger charge is -2.12. The number of anilines is 1. The lowest BCUT2D eigenvalue weighted by atomic mass is 10.1. The van der Waals surface area contributed by atoms with E-state index in [1.807, 2.05) is 30.3 Å². The van der Waals surface area contributed by atoms with E-state index < -0.39 is 0 Å². The second-order valence-corrected chi connectivity index (χ2v) is 7.01. The summed E-state index contributed by atoms with van der Waals surface area (Å²) >= 11 is 0. The van der Waals surface area contributed by atoms with Crippen LogP contribution in [0.2, 0.25) is 0 Å². The number of hydrogen-bond acceptors (Lipinski definition) is 4. The van der Waals surface area contributed by atoms with Gasteiger partial charge in [-0.05, 0) is 23.8 Å². The van der Waals surface area contributed by atoms with Crippen molar-refractivity contribution in [2.75, 3.05) is 26.0 Å². The number of rotatable bonds is 6. The minimum absolute atomic E-state index is 0.0530. The van der Waals surface area contributed by atoms with E-state index in [-0.39, 0.29) is 30.6 Å². The van der Waals surface area contributed by atoms with Crippen molar-refractivity contribution in [2.45, 2.75) is 19.3 Å². The van der Waals surface area contributed by atoms with E-state index in [9.17, 15) is 14.4 Å². The van der Waals surface area contributed by atoms with Crippen molar-refractivity contribution in [3.63, 3.8) is 0 Å². The van der Waals surface area contributed by atoms with Gasteiger partial charge >= 0.3 is 0 Å². The van der Waals surface area contributed by atoms with Gasteiger partial charge in [-0.1, -0.05) is 36.4 Å². The Labute approximate surface area is 170 Å². The Hall–Kier alpha value is -3.48. The second-order valence-electron chi connectivity index (χ2n) is 7.01. The van der Waals surface area contributed by atoms with Crippen molar-refractivity contribution in [3.05, 3.63) is 65.7 Å². The molecule has 0 unspecified atom stereocenters. The first-order chi connectivity index (χ1) is 13.9. The van der Waals surface area contributed by atoms with Gasteiger partial charge in [0.1, 0.15) is 0 Å². The Morgan fingerprint density at radius 3 is 2.52 bits per heavy atom. The van der Waals surface area contributed by atoms with Crippen LogP contribution < -0.4 is 5.32 Å². The van der Waals surface area contributed by atoms with Gasteiger partial charge < -0.3 is 10.2 Å². The maximum Gasteiger partial charge on any atom is 0.253 e. The molecule has 150 valence electrons. The molecule has 0 bridgehead atoms. The molecule has 0 saturated carbocycles. The quantitative estimate of drug-likeness (QED) is 0.821. The van der Waals surface area contributed by atoms with Gasteiger partial charge in [0.2, 0.25) is 11.8 Å². The summed E-state index contributed by atoms with van der Waals surface area (Å²) in [6.45, 7) is 0.527. The van der Waals surface area contributed by atoms with E-state index in [0.717, 1.165) is 11.3 Å². The van der Waals surface area contributed by atoms with E-state index in [1.165, 1.54) is 9.91 Å². The fraction of sp³-hybridized carbons (Fsp3) is 0.273. The standard InChI is InChI=1S/C22H24N4O3/c1-25(2)22(29)17-9-6-10-18(15-17)23-20(27)11-12-21(28)26-14-13-19(24-26)16-7-4-3-5-8-16/h3-10,15H,11-14H2,1-2H3,(H,23,27). The lowest BCUT2D eigenvalue weighted by molar-refractivity contribution is -0.132. The van der Waals surface area contributed by atoms with Crippen LogP contribution >= 0.6 is 0 Å². The van der Waals surface area contributed by atoms with Crippen LogP contribution in [0.15, 0.2) is 59.7 Å². The fourth-order valence-corrected chi connectivity index (χ4v) is 3.03. The van der Waals surface area contributed by atoms with Gasteiger partial charge in [0.15, 0.2) is 0 Å². The van der Waals surface area contributed by atoms with Crippen LogP contribution in [0.4, 0.5) is 5.69 Å². The molecular formula is C22H24N4O3. The van der Waals surface area contributed by atoms with E-state index in [4.69, 9.17) is 0 Å². The number of carbonyl (C=O) groups excluding carboxylic acids is 3. The molecule has 0 saturated heterocycles. The SMILES string of the molecule is CN(C)C(=O)c1cccc(NC(=O)CCC(=O)N2CCC(c3ccccc3)=N2)c1. The third-order valence-electron chi connectivity index (χ3n) is 4.56. The fourth-order valence-electron chi connectivity index (χ4n) is 3.03. The van der Waals surface area contributed by atoms with Crippen molar-refractivity contribution in [1.82, 2.24) is 9.91 Å². The Morgan fingerprint density at radius 2 is 1.79 bits per heavy atom. The number of nitrogens with zero attached hydrogens (tertiary/aromatic N) is 3. The molecule has 2 aromatic rings. The van der Waals surface area contributed by atoms with Crippen molar-refractivity contribution in [1.29, 1.82) is 0 Å². The first kappa shape index (κ1) is 20.3. The van der Waals surface area contributed by atoms with Crippen LogP contribution in [0.5, 0.6) is 0 Å². The predicted octanol–water partition coefficient (Wildman–Crippen LogP) is 2.74. The molecule has 2 aromatic carbocycles. The van der Waals surface area contributed by atoms with Gasteiger partial charge in [0.25, 0.3) is 5.91 Å². The molecule has 3 amide bonds. The zero-order chi connectivity index (χ0) is 20.8. The van der Waals surface area contributed by atoms with E-state index in [1.54, 1.807) is 38.4 Å². The van der Waals surface area contributed by atoms with Crippen molar-refractivity contribution < 1.29 is 14.4 Å². The highest BCUT2D eigenvalue weighted by Crippen LogP contribution is 2.16. The summed E-state index contributed by atoms with van der Waals surface area (Å²) in [6.07, 6.45) is 0.833. The van der Waals surface area contributed by atoms with Gasteiger partial charge in [0.05, 0.1) is 12.3 Å². The van der Waals surface area contributed by atoms with Crippen molar-refractivity contribution in [3.8, 4) is 0 Å². The summed E-state index contributed by atoms with van der Waals surface area (Å²) < 4.78 is 0. The van der Waals surface area contributed by atoms with Gasteiger partial charge in [-0.2, -0.15) is 5.10 Å². The van der Waals surface area contributed by atoms with E-state index in [0.29, 0.717) is 24.2 Å². The Morgan fingerprint density at radius 1 is 1.03 bits per heavy atom. The average molecular weight is 392 g/mol. The molecular weight excluding hydrogens is 368 g/mol. The summed E-state index contributed by atoms with van der Waals surface area (Å²) in [5, 5.41) is 8.57. The zero-order valence-electron chi connectivity index (χ0n) is 16.6. The summed E-state index contributed by atoms with van der Waals surface area (Å²) in [7, 11) is 3.34. The molecule has 3 rings (SSSR count). The molecule has 1 aliphatic heterocycles. The highest BCUT2D eigenvalue weighted by atomic mass is 16.2. The average Bonchev–Trinajstić information content (AvgIpc) is 3.22. The minimum atomic E-state index is -0.278. The number of amides is 3. The lowest BCUT2D eigenvalue weighted by Crippen LogP contribution is -2.25. The molecule has 29 heavy (non-hydrogen) atoms. The first-order valence-corrected chi connectivity index (χ1v) is 9.49. The van der Waals surface area contributed by atoms with E-state index in [2.05, 4.69) is 10.4 Å². The van der Waals surface area contributed by atoms with Gasteiger partial charge in [-0.25, -0.2) is 5.01 Å². The van der Waals surface area contributed by atoms with Crippen LogP contribution in [0.3, 0.4) is 0 Å². The third kappa shape index (κ3) is 5.28. The molecule has 1 heterocycles. The zero-order valence-corrected chi connectivity index (χ0v) is 16.6. The molecule has 1 N–H and O–H groups in total. The topological polar surface area (TPSA) is 82.1 Å². The summed E-state index contributed by atoms with van der Waals surface area (Å²) in [5.41, 5.74) is 2.91. The summed E-state index contributed by atoms with van der Waals surface area (Å²) in [4.78, 5) is 38.1. The second kappa shape index (κ2) is 9.14. The van der Waals surface area contributed by atoms with Crippen LogP contribution in [0.1, 0.15) is 35.2 Å². The molecule has 0 atom stereocenters. The maximum absolute atomic E-state index is 12.4. The molecule has 7 heteroatoms. The monoisotopic (exact) mass is 392 g/mol. The van der Waals surface area contributed by atoms with Crippen LogP contribution in [0.25, 0.3) is 0 Å². The molecule has 1 aliphatic rings. The van der Waals surface area contributed by atoms with Gasteiger partial charge in [-0.15, -0.1) is 0 Å². The van der Waals surface area contributed by atoms with Crippen LogP contribution in [0, 0.1) is 0 Å². The van der Waals surface area contributed by atoms with Gasteiger partial charge in [-0.3, -0.25) is 14.4 Å². The Kier molecular flexibility index (Phi) is 6.39. The summed E-state index contributed by atoms with van der Waals surface area (Å²) in [6, 6.07) is 16.5. The number of nitrogens with one attached hydrogen (secondary N) is 1. The predicted molar refractivity (Wildman–Crippen MR) is 112 cm³/mol. The van der Waals surface area contributed by atoms with Gasteiger partial charge in [0, 0.05) is 44.6 Å². The number of hydrazone groups is 1. The highest BCUT2D eigenvalue weighted by Gasteiger charge is 2.22. The molecule has 7 nitrogen and oxygen atoms in total. The third-order valence-corrected chi connectivity index (χ3v) is 4.56. The number of hydrogen-bond donors (Lipinski definition) is 1. The maximum atomic E-state index is 12.4. The summed E-state index contributed by atoms with van der Waals surface area (Å²) in [5.74, 6) is -0.598. The molecule has 0 radical (unpaired) electrons.